The minimum Gasteiger partial charge on any atom is -0.478 e. The van der Waals surface area contributed by atoms with E-state index in [2.05, 4.69) is 5.32 Å². The van der Waals surface area contributed by atoms with E-state index in [4.69, 9.17) is 5.11 Å². The van der Waals surface area contributed by atoms with Crippen LogP contribution in [0.4, 0.5) is 14.9 Å². The summed E-state index contributed by atoms with van der Waals surface area (Å²) < 4.78 is 13.8. The summed E-state index contributed by atoms with van der Waals surface area (Å²) in [5.41, 5.74) is -0.846. The number of likely N-dealkylation sites (tertiary alicyclic amines) is 1. The number of aromatic carboxylic acids is 1. The van der Waals surface area contributed by atoms with Gasteiger partial charge in [-0.3, -0.25) is 0 Å². The lowest BCUT2D eigenvalue weighted by molar-refractivity contribution is 0.0697. The van der Waals surface area contributed by atoms with Crippen molar-refractivity contribution in [3.63, 3.8) is 0 Å². The predicted octanol–water partition coefficient (Wildman–Crippen LogP) is 2.93. The molecule has 1 saturated heterocycles. The number of urea groups is 1. The second kappa shape index (κ2) is 5.11. The Morgan fingerprint density at radius 3 is 2.65 bits per heavy atom. The highest BCUT2D eigenvalue weighted by Crippen LogP contribution is 2.29. The summed E-state index contributed by atoms with van der Waals surface area (Å²) in [5.74, 6) is -2.03. The van der Waals surface area contributed by atoms with E-state index in [1.807, 2.05) is 13.8 Å². The van der Waals surface area contributed by atoms with Crippen LogP contribution < -0.4 is 5.32 Å². The molecule has 1 heterocycles. The number of halogens is 1. The third-order valence-corrected chi connectivity index (χ3v) is 3.62. The average molecular weight is 280 g/mol. The first-order valence-electron chi connectivity index (χ1n) is 6.43. The Hall–Kier alpha value is -2.11. The smallest absolute Gasteiger partial charge is 0.337 e. The summed E-state index contributed by atoms with van der Waals surface area (Å²) in [6, 6.07) is 3.21. The molecule has 1 aromatic carbocycles. The highest BCUT2D eigenvalue weighted by molar-refractivity contribution is 6.00. The van der Waals surface area contributed by atoms with E-state index in [-0.39, 0.29) is 16.8 Å². The number of carboxylic acid groups (broad SMARTS) is 1. The molecule has 0 bridgehead atoms. The van der Waals surface area contributed by atoms with Crippen molar-refractivity contribution in [2.24, 2.45) is 0 Å². The van der Waals surface area contributed by atoms with Gasteiger partial charge in [0, 0.05) is 12.1 Å². The zero-order valence-electron chi connectivity index (χ0n) is 11.4. The van der Waals surface area contributed by atoms with Crippen LogP contribution in [0.25, 0.3) is 0 Å². The molecule has 0 aromatic heterocycles. The summed E-state index contributed by atoms with van der Waals surface area (Å²) in [5, 5.41) is 11.4. The number of amides is 2. The van der Waals surface area contributed by atoms with Crippen LogP contribution in [0.2, 0.25) is 0 Å². The van der Waals surface area contributed by atoms with Crippen LogP contribution in [-0.2, 0) is 0 Å². The lowest BCUT2D eigenvalue weighted by Crippen LogP contribution is -2.45. The third kappa shape index (κ3) is 2.59. The molecule has 0 unspecified atom stereocenters. The lowest BCUT2D eigenvalue weighted by Gasteiger charge is -2.31. The minimum absolute atomic E-state index is 0.254. The Kier molecular flexibility index (Phi) is 3.65. The van der Waals surface area contributed by atoms with E-state index in [1.165, 1.54) is 12.1 Å². The molecular weight excluding hydrogens is 263 g/mol. The zero-order valence-corrected chi connectivity index (χ0v) is 11.4. The molecule has 1 fully saturated rings. The number of hydrogen-bond acceptors (Lipinski definition) is 2. The molecule has 2 amide bonds. The Labute approximate surface area is 116 Å². The van der Waals surface area contributed by atoms with E-state index < -0.39 is 17.8 Å². The Balaban J connectivity index is 2.26. The Bertz CT molecular complexity index is 557. The van der Waals surface area contributed by atoms with E-state index in [1.54, 1.807) is 4.90 Å². The van der Waals surface area contributed by atoms with Crippen molar-refractivity contribution >= 4 is 17.7 Å². The fourth-order valence-corrected chi connectivity index (χ4v) is 2.49. The van der Waals surface area contributed by atoms with Gasteiger partial charge in [-0.15, -0.1) is 0 Å². The number of nitrogens with zero attached hydrogens (tertiary/aromatic N) is 1. The van der Waals surface area contributed by atoms with Crippen molar-refractivity contribution in [3.8, 4) is 0 Å². The Morgan fingerprint density at radius 1 is 1.40 bits per heavy atom. The molecule has 2 rings (SSSR count). The van der Waals surface area contributed by atoms with Gasteiger partial charge in [-0.2, -0.15) is 0 Å². The summed E-state index contributed by atoms with van der Waals surface area (Å²) in [6.07, 6.45) is 1.74. The van der Waals surface area contributed by atoms with Crippen LogP contribution in [0.15, 0.2) is 18.2 Å². The fourth-order valence-electron chi connectivity index (χ4n) is 2.49. The third-order valence-electron chi connectivity index (χ3n) is 3.62. The molecule has 6 heteroatoms. The van der Waals surface area contributed by atoms with Crippen LogP contribution in [0.5, 0.6) is 0 Å². The lowest BCUT2D eigenvalue weighted by atomic mass is 10.0. The summed E-state index contributed by atoms with van der Waals surface area (Å²) in [7, 11) is 0. The maximum Gasteiger partial charge on any atom is 0.337 e. The monoisotopic (exact) mass is 280 g/mol. The van der Waals surface area contributed by atoms with Crippen LogP contribution in [0.3, 0.4) is 0 Å². The molecule has 0 atom stereocenters. The van der Waals surface area contributed by atoms with Crippen LogP contribution in [-0.4, -0.2) is 34.1 Å². The van der Waals surface area contributed by atoms with Gasteiger partial charge in [-0.1, -0.05) is 6.07 Å². The first-order valence-corrected chi connectivity index (χ1v) is 6.43. The number of benzene rings is 1. The van der Waals surface area contributed by atoms with Crippen LogP contribution in [0.1, 0.15) is 37.0 Å². The zero-order chi connectivity index (χ0) is 14.9. The van der Waals surface area contributed by atoms with E-state index in [0.29, 0.717) is 6.54 Å². The molecule has 1 aliphatic heterocycles. The SMILES string of the molecule is CC1(C)CCCN1C(=O)Nc1c(F)cccc1C(=O)O. The second-order valence-electron chi connectivity index (χ2n) is 5.47. The normalized spacial score (nSPS) is 17.1. The molecule has 0 radical (unpaired) electrons. The van der Waals surface area contributed by atoms with Gasteiger partial charge in [0.05, 0.1) is 11.3 Å². The number of hydrogen-bond donors (Lipinski definition) is 2. The van der Waals surface area contributed by atoms with Crippen molar-refractivity contribution in [1.29, 1.82) is 0 Å². The maximum atomic E-state index is 13.8. The van der Waals surface area contributed by atoms with Gasteiger partial charge in [-0.25, -0.2) is 14.0 Å². The van der Waals surface area contributed by atoms with Crippen molar-refractivity contribution in [2.75, 3.05) is 11.9 Å². The van der Waals surface area contributed by atoms with Gasteiger partial charge in [0.25, 0.3) is 0 Å². The number of anilines is 1. The van der Waals surface area contributed by atoms with Gasteiger partial charge in [-0.05, 0) is 38.8 Å². The van der Waals surface area contributed by atoms with Crippen LogP contribution in [0, 0.1) is 5.82 Å². The highest BCUT2D eigenvalue weighted by atomic mass is 19.1. The molecule has 20 heavy (non-hydrogen) atoms. The molecule has 108 valence electrons. The summed E-state index contributed by atoms with van der Waals surface area (Å²) >= 11 is 0. The van der Waals surface area contributed by atoms with E-state index >= 15 is 0 Å². The number of carbonyl (C=O) groups excluding carboxylic acids is 1. The first kappa shape index (κ1) is 14.3. The van der Waals surface area contributed by atoms with E-state index in [0.717, 1.165) is 18.9 Å². The van der Waals surface area contributed by atoms with Crippen molar-refractivity contribution in [1.82, 2.24) is 4.90 Å². The Morgan fingerprint density at radius 2 is 2.10 bits per heavy atom. The quantitative estimate of drug-likeness (QED) is 0.875. The molecule has 0 aliphatic carbocycles. The van der Waals surface area contributed by atoms with Gasteiger partial charge >= 0.3 is 12.0 Å². The van der Waals surface area contributed by atoms with Crippen molar-refractivity contribution in [3.05, 3.63) is 29.6 Å². The van der Waals surface area contributed by atoms with Gasteiger partial charge in [0.2, 0.25) is 0 Å². The number of carbonyl (C=O) groups is 2. The molecule has 0 spiro atoms. The largest absolute Gasteiger partial charge is 0.478 e. The molecule has 0 saturated carbocycles. The molecule has 1 aromatic rings. The standard InChI is InChI=1S/C14H17FN2O3/c1-14(2)7-4-8-17(14)13(20)16-11-9(12(18)19)5-3-6-10(11)15/h3,5-6H,4,7-8H2,1-2H3,(H,16,20)(H,18,19). The summed E-state index contributed by atoms with van der Waals surface area (Å²) in [6.45, 7) is 4.44. The first-order chi connectivity index (χ1) is 9.33. The highest BCUT2D eigenvalue weighted by Gasteiger charge is 2.36. The number of rotatable bonds is 2. The van der Waals surface area contributed by atoms with Crippen LogP contribution >= 0.6 is 0 Å². The minimum atomic E-state index is -1.28. The van der Waals surface area contributed by atoms with Crippen molar-refractivity contribution < 1.29 is 19.1 Å². The molecule has 2 N–H and O–H groups in total. The topological polar surface area (TPSA) is 69.6 Å². The van der Waals surface area contributed by atoms with Crippen molar-refractivity contribution in [2.45, 2.75) is 32.2 Å². The molecular formula is C14H17FN2O3. The number of nitrogens with one attached hydrogen (secondary N) is 1. The van der Waals surface area contributed by atoms with E-state index in [9.17, 15) is 14.0 Å². The number of para-hydroxylation sites is 1. The van der Waals surface area contributed by atoms with Gasteiger partial charge < -0.3 is 15.3 Å². The van der Waals surface area contributed by atoms with Gasteiger partial charge in [0.1, 0.15) is 5.82 Å². The molecule has 5 nitrogen and oxygen atoms in total. The second-order valence-corrected chi connectivity index (χ2v) is 5.47. The maximum absolute atomic E-state index is 13.8. The van der Waals surface area contributed by atoms with Gasteiger partial charge in [0.15, 0.2) is 0 Å². The fraction of sp³-hybridized carbons (Fsp3) is 0.429. The number of carboxylic acids is 1. The predicted molar refractivity (Wildman–Crippen MR) is 72.4 cm³/mol. The molecule has 1 aliphatic rings. The average Bonchev–Trinajstić information content (AvgIpc) is 2.71. The summed E-state index contributed by atoms with van der Waals surface area (Å²) in [4.78, 5) is 24.9.